The highest BCUT2D eigenvalue weighted by atomic mass is 15.5. The molecule has 0 fully saturated rings. The van der Waals surface area contributed by atoms with Gasteiger partial charge in [-0.2, -0.15) is 4.80 Å². The zero-order valence-electron chi connectivity index (χ0n) is 31.7. The van der Waals surface area contributed by atoms with Crippen LogP contribution in [0.25, 0.3) is 106 Å². The number of nitrogens with zero attached hydrogens (tertiary/aromatic N) is 7. The van der Waals surface area contributed by atoms with E-state index in [4.69, 9.17) is 30.1 Å². The number of para-hydroxylation sites is 2. The van der Waals surface area contributed by atoms with E-state index in [-0.39, 0.29) is 0 Å². The first-order chi connectivity index (χ1) is 29.2. The molecule has 3 heterocycles. The maximum absolute atomic E-state index is 5.54. The lowest BCUT2D eigenvalue weighted by Gasteiger charge is -2.15. The van der Waals surface area contributed by atoms with Gasteiger partial charge in [0, 0.05) is 49.5 Å². The maximum Gasteiger partial charge on any atom is 0.164 e. The zero-order chi connectivity index (χ0) is 39.1. The van der Waals surface area contributed by atoms with Gasteiger partial charge in [-0.05, 0) is 29.3 Å². The van der Waals surface area contributed by atoms with Crippen molar-refractivity contribution in [2.75, 3.05) is 0 Å². The fourth-order valence-corrected chi connectivity index (χ4v) is 7.87. The van der Waals surface area contributed by atoms with Crippen LogP contribution in [-0.2, 0) is 0 Å². The molecular formula is C52H33N7. The summed E-state index contributed by atoms with van der Waals surface area (Å²) in [6.07, 6.45) is 0. The molecule has 11 rings (SSSR count). The van der Waals surface area contributed by atoms with Crippen molar-refractivity contribution >= 4 is 32.7 Å². The molecule has 7 heteroatoms. The lowest BCUT2D eigenvalue weighted by atomic mass is 9.92. The Morgan fingerprint density at radius 2 is 0.763 bits per heavy atom. The van der Waals surface area contributed by atoms with Gasteiger partial charge in [0.2, 0.25) is 0 Å². The topological polar surface area (TPSA) is 82.3 Å². The van der Waals surface area contributed by atoms with Gasteiger partial charge in [-0.25, -0.2) is 19.9 Å². The second-order valence-electron chi connectivity index (χ2n) is 14.4. The Morgan fingerprint density at radius 3 is 1.34 bits per heavy atom. The highest BCUT2D eigenvalue weighted by Crippen LogP contribution is 2.43. The second-order valence-corrected chi connectivity index (χ2v) is 14.4. The zero-order valence-corrected chi connectivity index (χ0v) is 31.7. The van der Waals surface area contributed by atoms with E-state index in [0.29, 0.717) is 17.5 Å². The second kappa shape index (κ2) is 14.4. The quantitative estimate of drug-likeness (QED) is 0.151. The first-order valence-electron chi connectivity index (χ1n) is 19.6. The van der Waals surface area contributed by atoms with Crippen molar-refractivity contribution in [3.63, 3.8) is 0 Å². The third-order valence-corrected chi connectivity index (χ3v) is 10.7. The predicted octanol–water partition coefficient (Wildman–Crippen LogP) is 12.3. The van der Waals surface area contributed by atoms with Crippen LogP contribution in [0.3, 0.4) is 0 Å². The number of fused-ring (bicyclic) bond motifs is 5. The molecule has 0 saturated heterocycles. The van der Waals surface area contributed by atoms with Crippen molar-refractivity contribution in [2.24, 2.45) is 0 Å². The normalized spacial score (nSPS) is 11.4. The number of aromatic nitrogens is 7. The van der Waals surface area contributed by atoms with Crippen molar-refractivity contribution < 1.29 is 0 Å². The molecule has 0 spiro atoms. The highest BCUT2D eigenvalue weighted by Gasteiger charge is 2.22. The minimum atomic E-state index is 0.607. The van der Waals surface area contributed by atoms with Gasteiger partial charge in [0.25, 0.3) is 0 Å². The van der Waals surface area contributed by atoms with Gasteiger partial charge in [0.1, 0.15) is 11.0 Å². The van der Waals surface area contributed by atoms with E-state index in [1.807, 2.05) is 103 Å². The van der Waals surface area contributed by atoms with Gasteiger partial charge < -0.3 is 0 Å². The number of hydrogen-bond acceptors (Lipinski definition) is 6. The third-order valence-electron chi connectivity index (χ3n) is 10.7. The van der Waals surface area contributed by atoms with Gasteiger partial charge >= 0.3 is 0 Å². The van der Waals surface area contributed by atoms with E-state index in [1.54, 1.807) is 4.80 Å². The van der Waals surface area contributed by atoms with Gasteiger partial charge in [-0.15, -0.1) is 10.2 Å². The van der Waals surface area contributed by atoms with Crippen LogP contribution in [0.15, 0.2) is 200 Å². The van der Waals surface area contributed by atoms with E-state index in [1.165, 1.54) is 0 Å². The fourth-order valence-electron chi connectivity index (χ4n) is 7.87. The molecule has 8 aromatic carbocycles. The molecule has 0 radical (unpaired) electrons. The van der Waals surface area contributed by atoms with Crippen molar-refractivity contribution in [3.05, 3.63) is 200 Å². The molecule has 0 bridgehead atoms. The Labute approximate surface area is 340 Å². The van der Waals surface area contributed by atoms with Crippen LogP contribution >= 0.6 is 0 Å². The van der Waals surface area contributed by atoms with Crippen LogP contribution in [0.4, 0.5) is 0 Å². The predicted molar refractivity (Wildman–Crippen MR) is 238 cm³/mol. The Kier molecular flexibility index (Phi) is 8.33. The SMILES string of the molecule is c1ccc(-c2nc(-c3ccccc3)nc(-c3ccc(-c4cccc5c4nc(-c4ccccc4)c4cc(-c6ccccc6)c6nn(-c7ccccc7)nc6c45)cc3)n2)cc1. The minimum absolute atomic E-state index is 0.607. The summed E-state index contributed by atoms with van der Waals surface area (Å²) in [4.78, 5) is 22.1. The van der Waals surface area contributed by atoms with Gasteiger partial charge in [-0.3, -0.25) is 0 Å². The van der Waals surface area contributed by atoms with Crippen molar-refractivity contribution in [2.45, 2.75) is 0 Å². The fraction of sp³-hybridized carbons (Fsp3) is 0. The lowest BCUT2D eigenvalue weighted by Crippen LogP contribution is -2.00. The molecule has 0 aliphatic heterocycles. The van der Waals surface area contributed by atoms with Crippen molar-refractivity contribution in [1.29, 1.82) is 0 Å². The summed E-state index contributed by atoms with van der Waals surface area (Å²) in [7, 11) is 0. The molecule has 59 heavy (non-hydrogen) atoms. The van der Waals surface area contributed by atoms with Crippen molar-refractivity contribution in [1.82, 2.24) is 34.9 Å². The average Bonchev–Trinajstić information content (AvgIpc) is 3.78. The van der Waals surface area contributed by atoms with Crippen LogP contribution in [0.2, 0.25) is 0 Å². The monoisotopic (exact) mass is 755 g/mol. The van der Waals surface area contributed by atoms with E-state index in [9.17, 15) is 0 Å². The molecule has 7 nitrogen and oxygen atoms in total. The minimum Gasteiger partial charge on any atom is -0.246 e. The van der Waals surface area contributed by atoms with Gasteiger partial charge in [0.05, 0.1) is 16.9 Å². The molecule has 3 aromatic heterocycles. The maximum atomic E-state index is 5.54. The summed E-state index contributed by atoms with van der Waals surface area (Å²) in [5, 5.41) is 13.4. The van der Waals surface area contributed by atoms with E-state index < -0.39 is 0 Å². The standard InChI is InChI=1S/C52H33N7/c1-6-17-34(18-7-1)43-33-44-45(49-48(43)57-59(58-49)40-25-14-5-15-26-40)42-28-16-27-41(47(42)53-46(44)36-19-8-2-9-20-36)35-29-31-39(32-30-35)52-55-50(37-21-10-3-11-22-37)54-51(56-52)38-23-12-4-13-24-38/h1-33H. The first kappa shape index (κ1) is 34.1. The molecule has 0 atom stereocenters. The molecular weight excluding hydrogens is 723 g/mol. The van der Waals surface area contributed by atoms with Crippen LogP contribution in [0.5, 0.6) is 0 Å². The molecule has 276 valence electrons. The summed E-state index contributed by atoms with van der Waals surface area (Å²) in [5.41, 5.74) is 12.2. The average molecular weight is 756 g/mol. The number of benzene rings is 8. The molecule has 0 aliphatic rings. The smallest absolute Gasteiger partial charge is 0.164 e. The largest absolute Gasteiger partial charge is 0.246 e. The van der Waals surface area contributed by atoms with Crippen LogP contribution in [0.1, 0.15) is 0 Å². The van der Waals surface area contributed by atoms with E-state index in [0.717, 1.165) is 88.6 Å². The molecule has 0 saturated carbocycles. The van der Waals surface area contributed by atoms with Crippen LogP contribution in [-0.4, -0.2) is 34.9 Å². The summed E-state index contributed by atoms with van der Waals surface area (Å²) in [5.74, 6) is 1.86. The van der Waals surface area contributed by atoms with Gasteiger partial charge in [0.15, 0.2) is 17.5 Å². The Balaban J connectivity index is 1.12. The summed E-state index contributed by atoms with van der Waals surface area (Å²) in [6, 6.07) is 68.1. The Bertz CT molecular complexity index is 3220. The van der Waals surface area contributed by atoms with Crippen LogP contribution < -0.4 is 0 Å². The van der Waals surface area contributed by atoms with E-state index in [2.05, 4.69) is 97.1 Å². The van der Waals surface area contributed by atoms with E-state index >= 15 is 0 Å². The number of rotatable bonds is 7. The molecule has 11 aromatic rings. The summed E-state index contributed by atoms with van der Waals surface area (Å²) in [6.45, 7) is 0. The first-order valence-corrected chi connectivity index (χ1v) is 19.6. The van der Waals surface area contributed by atoms with Crippen molar-refractivity contribution in [3.8, 4) is 73.4 Å². The van der Waals surface area contributed by atoms with Crippen LogP contribution in [0, 0.1) is 0 Å². The number of pyridine rings is 1. The van der Waals surface area contributed by atoms with Gasteiger partial charge in [-0.1, -0.05) is 182 Å². The molecule has 0 aliphatic carbocycles. The third kappa shape index (κ3) is 6.18. The number of hydrogen-bond donors (Lipinski definition) is 0. The summed E-state index contributed by atoms with van der Waals surface area (Å²) < 4.78 is 0. The Hall–Kier alpha value is -8.16. The highest BCUT2D eigenvalue weighted by molar-refractivity contribution is 6.24. The molecule has 0 N–H and O–H groups in total. The molecule has 0 unspecified atom stereocenters. The Morgan fingerprint density at radius 1 is 0.305 bits per heavy atom. The molecule has 0 amide bonds. The summed E-state index contributed by atoms with van der Waals surface area (Å²) >= 11 is 0. The lowest BCUT2D eigenvalue weighted by molar-refractivity contribution is 0.766.